The van der Waals surface area contributed by atoms with Crippen LogP contribution in [0.15, 0.2) is 47.6 Å². The first-order valence-electron chi connectivity index (χ1n) is 21.9. The third-order valence-electron chi connectivity index (χ3n) is 15.9. The van der Waals surface area contributed by atoms with Crippen LogP contribution < -0.4 is 20.7 Å². The van der Waals surface area contributed by atoms with E-state index in [9.17, 15) is 27.6 Å². The number of nitrogens with one attached hydrogen (secondary N) is 4. The van der Waals surface area contributed by atoms with Gasteiger partial charge in [0.25, 0.3) is 11.8 Å². The molecule has 2 saturated heterocycles. The maximum Gasteiger partial charge on any atom is 0.303 e. The molecule has 8 rings (SSSR count). The summed E-state index contributed by atoms with van der Waals surface area (Å²) in [5.41, 5.74) is -2.47. The molecule has 15 heteroatoms. The maximum atomic E-state index is 15.1. The standard InChI is InChI=1S/C45H62N6O8S/c1-7-31-25-45(31,39(56)49-60(57,58)50-21-11-12-22-50)48-37(54)32-26-44(41(5,6)43(44)19-13-20-43)28-51(32)38(55)35(40(2,3)4)46-34(52)27-42(17-9-8-10-18-42)47-36(53)30-14-15-33-29(24-30)16-23-59-33/h7,14-16,23-24,31-32,35H,1,8-13,17-22,25-28H2,2-6H3,(H,46,52)(H,47,53)(H,48,54)(H,49,56)/t31-,32+,35-,44-,45-/m1/s1. The Labute approximate surface area is 353 Å². The molecule has 0 bridgehead atoms. The van der Waals surface area contributed by atoms with Crippen LogP contribution in [0.4, 0.5) is 0 Å². The van der Waals surface area contributed by atoms with Crippen molar-refractivity contribution in [2.45, 2.75) is 141 Å². The van der Waals surface area contributed by atoms with Crippen LogP contribution in [0.2, 0.25) is 0 Å². The first-order valence-corrected chi connectivity index (χ1v) is 23.3. The number of carbonyl (C=O) groups is 5. The average Bonchev–Trinajstić information content (AvgIpc) is 3.58. The van der Waals surface area contributed by atoms with E-state index in [0.29, 0.717) is 62.9 Å². The maximum absolute atomic E-state index is 15.1. The van der Waals surface area contributed by atoms with E-state index in [4.69, 9.17) is 4.42 Å². The van der Waals surface area contributed by atoms with Gasteiger partial charge >= 0.3 is 10.2 Å². The zero-order chi connectivity index (χ0) is 43.1. The number of hydrogen-bond donors (Lipinski definition) is 4. The normalized spacial score (nSPS) is 29.4. The van der Waals surface area contributed by atoms with E-state index < -0.39 is 56.5 Å². The molecule has 0 unspecified atom stereocenters. The Balaban J connectivity index is 1.03. The lowest BCUT2D eigenvalue weighted by Crippen LogP contribution is -2.61. The number of furan rings is 1. The van der Waals surface area contributed by atoms with E-state index in [1.165, 1.54) is 4.31 Å². The Kier molecular flexibility index (Phi) is 10.4. The van der Waals surface area contributed by atoms with Crippen LogP contribution in [0.25, 0.3) is 11.0 Å². The highest BCUT2D eigenvalue weighted by Gasteiger charge is 2.85. The fourth-order valence-corrected chi connectivity index (χ4v) is 13.2. The van der Waals surface area contributed by atoms with Gasteiger partial charge < -0.3 is 25.3 Å². The molecule has 4 saturated carbocycles. The highest BCUT2D eigenvalue weighted by molar-refractivity contribution is 7.87. The molecule has 5 amide bonds. The van der Waals surface area contributed by atoms with Crippen molar-refractivity contribution < 1.29 is 36.8 Å². The molecule has 2 aliphatic heterocycles. The molecule has 1 aromatic carbocycles. The number of carbonyl (C=O) groups excluding carboxylic acids is 5. The second-order valence-electron chi connectivity index (χ2n) is 20.4. The molecule has 14 nitrogen and oxygen atoms in total. The van der Waals surface area contributed by atoms with Gasteiger partial charge in [0.05, 0.1) is 6.26 Å². The zero-order valence-corrected chi connectivity index (χ0v) is 36.6. The van der Waals surface area contributed by atoms with Crippen molar-refractivity contribution in [1.82, 2.24) is 29.9 Å². The minimum absolute atomic E-state index is 0.0164. The molecule has 2 aromatic rings. The van der Waals surface area contributed by atoms with Gasteiger partial charge in [-0.3, -0.25) is 24.0 Å². The molecule has 6 aliphatic rings. The first kappa shape index (κ1) is 42.5. The molecule has 3 heterocycles. The van der Waals surface area contributed by atoms with Crippen molar-refractivity contribution in [3.63, 3.8) is 0 Å². The number of rotatable bonds is 12. The fraction of sp³-hybridized carbons (Fsp3) is 0.667. The molecule has 6 fully saturated rings. The van der Waals surface area contributed by atoms with E-state index in [1.54, 1.807) is 41.5 Å². The van der Waals surface area contributed by atoms with E-state index >= 15 is 4.79 Å². The predicted octanol–water partition coefficient (Wildman–Crippen LogP) is 5.10. The van der Waals surface area contributed by atoms with E-state index in [-0.39, 0.29) is 46.8 Å². The largest absolute Gasteiger partial charge is 0.464 e. The molecule has 4 aliphatic carbocycles. The van der Waals surface area contributed by atoms with E-state index in [1.807, 2.05) is 20.8 Å². The number of benzene rings is 1. The quantitative estimate of drug-likeness (QED) is 0.213. The number of likely N-dealkylation sites (tertiary alicyclic amines) is 1. The molecule has 4 N–H and O–H groups in total. The van der Waals surface area contributed by atoms with E-state index in [2.05, 4.69) is 41.1 Å². The number of hydrogen-bond acceptors (Lipinski definition) is 8. The first-order chi connectivity index (χ1) is 28.2. The molecular formula is C45H62N6O8S. The van der Waals surface area contributed by atoms with Crippen LogP contribution in [-0.4, -0.2) is 90.0 Å². The van der Waals surface area contributed by atoms with Gasteiger partial charge in [-0.25, -0.2) is 4.72 Å². The summed E-state index contributed by atoms with van der Waals surface area (Å²) in [6.45, 7) is 14.9. The van der Waals surface area contributed by atoms with Crippen LogP contribution in [0, 0.1) is 27.6 Å². The SMILES string of the molecule is C=C[C@@H]1C[C@]1(NC(=O)[C@@H]1C[C@@]2(CN1C(=O)[C@@H](NC(=O)CC1(NC(=O)c3ccc4occc4c3)CCCCC1)C(C)(C)C)C(C)(C)C21CCC1)C(=O)NS(=O)(=O)N1CCCC1. The van der Waals surface area contributed by atoms with Crippen molar-refractivity contribution in [3.05, 3.63) is 48.7 Å². The minimum Gasteiger partial charge on any atom is -0.464 e. The lowest BCUT2D eigenvalue weighted by molar-refractivity contribution is -0.144. The Morgan fingerprint density at radius 2 is 1.62 bits per heavy atom. The van der Waals surface area contributed by atoms with Crippen LogP contribution >= 0.6 is 0 Å². The van der Waals surface area contributed by atoms with Crippen LogP contribution in [-0.2, 0) is 29.4 Å². The molecule has 326 valence electrons. The fourth-order valence-electron chi connectivity index (χ4n) is 11.9. The highest BCUT2D eigenvalue weighted by Crippen LogP contribution is 2.88. The lowest BCUT2D eigenvalue weighted by atomic mass is 9.73. The van der Waals surface area contributed by atoms with Gasteiger partial charge in [0.15, 0.2) is 0 Å². The predicted molar refractivity (Wildman–Crippen MR) is 225 cm³/mol. The Bertz CT molecular complexity index is 2210. The number of fused-ring (bicyclic) bond motifs is 2. The second kappa shape index (κ2) is 14.7. The van der Waals surface area contributed by atoms with Crippen molar-refractivity contribution in [1.29, 1.82) is 0 Å². The van der Waals surface area contributed by atoms with Crippen LogP contribution in [0.3, 0.4) is 0 Å². The summed E-state index contributed by atoms with van der Waals surface area (Å²) >= 11 is 0. The summed E-state index contributed by atoms with van der Waals surface area (Å²) in [4.78, 5) is 73.3. The van der Waals surface area contributed by atoms with Crippen molar-refractivity contribution in [3.8, 4) is 0 Å². The summed E-state index contributed by atoms with van der Waals surface area (Å²) in [5, 5.41) is 10.1. The topological polar surface area (TPSA) is 187 Å². The summed E-state index contributed by atoms with van der Waals surface area (Å²) in [5.74, 6) is -2.86. The van der Waals surface area contributed by atoms with Crippen LogP contribution in [0.1, 0.15) is 128 Å². The molecule has 1 aromatic heterocycles. The van der Waals surface area contributed by atoms with Crippen molar-refractivity contribution in [2.75, 3.05) is 19.6 Å². The molecule has 5 atom stereocenters. The van der Waals surface area contributed by atoms with Gasteiger partial charge in [0.1, 0.15) is 23.2 Å². The minimum atomic E-state index is -4.11. The summed E-state index contributed by atoms with van der Waals surface area (Å²) in [7, 11) is -4.11. The number of amides is 5. The molecule has 2 spiro atoms. The zero-order valence-electron chi connectivity index (χ0n) is 35.8. The second-order valence-corrected chi connectivity index (χ2v) is 22.1. The Morgan fingerprint density at radius 3 is 2.22 bits per heavy atom. The van der Waals surface area contributed by atoms with Gasteiger partial charge in [-0.1, -0.05) is 66.4 Å². The Morgan fingerprint density at radius 1 is 0.917 bits per heavy atom. The van der Waals surface area contributed by atoms with Gasteiger partial charge in [-0.15, -0.1) is 6.58 Å². The van der Waals surface area contributed by atoms with Gasteiger partial charge in [-0.2, -0.15) is 12.7 Å². The monoisotopic (exact) mass is 846 g/mol. The summed E-state index contributed by atoms with van der Waals surface area (Å²) in [6.07, 6.45) is 12.1. The van der Waals surface area contributed by atoms with Crippen molar-refractivity contribution >= 4 is 50.7 Å². The Hall–Kier alpha value is -4.24. The smallest absolute Gasteiger partial charge is 0.303 e. The lowest BCUT2D eigenvalue weighted by Gasteiger charge is -2.40. The highest BCUT2D eigenvalue weighted by atomic mass is 32.2. The van der Waals surface area contributed by atoms with Gasteiger partial charge in [0.2, 0.25) is 17.7 Å². The third kappa shape index (κ3) is 6.85. The molecule has 60 heavy (non-hydrogen) atoms. The molecule has 0 radical (unpaired) electrons. The molecular weight excluding hydrogens is 785 g/mol. The summed E-state index contributed by atoms with van der Waals surface area (Å²) in [6, 6.07) is 5.07. The average molecular weight is 847 g/mol. The van der Waals surface area contributed by atoms with E-state index in [0.717, 1.165) is 43.9 Å². The number of nitrogens with zero attached hydrogens (tertiary/aromatic N) is 2. The van der Waals surface area contributed by atoms with Crippen LogP contribution in [0.5, 0.6) is 0 Å². The summed E-state index contributed by atoms with van der Waals surface area (Å²) < 4.78 is 35.3. The van der Waals surface area contributed by atoms with Gasteiger partial charge in [-0.05, 0) is 91.9 Å². The third-order valence-corrected chi connectivity index (χ3v) is 17.4. The van der Waals surface area contributed by atoms with Crippen molar-refractivity contribution in [2.24, 2.45) is 27.6 Å². The van der Waals surface area contributed by atoms with Gasteiger partial charge in [0, 0.05) is 53.9 Å².